The monoisotopic (exact) mass is 197 g/mol. The molecule has 0 radical (unpaired) electrons. The average molecular weight is 197 g/mol. The van der Waals surface area contributed by atoms with Gasteiger partial charge in [-0.15, -0.1) is 0 Å². The zero-order valence-electron chi connectivity index (χ0n) is 9.50. The Morgan fingerprint density at radius 2 is 2.21 bits per heavy atom. The second-order valence-electron chi connectivity index (χ2n) is 4.90. The fourth-order valence-electron chi connectivity index (χ4n) is 2.64. The number of hydrogen-bond acceptors (Lipinski definition) is 3. The van der Waals surface area contributed by atoms with Crippen LogP contribution in [0.3, 0.4) is 0 Å². The summed E-state index contributed by atoms with van der Waals surface area (Å²) in [4.78, 5) is 5.08. The van der Waals surface area contributed by atoms with Gasteiger partial charge in [0.2, 0.25) is 0 Å². The molecule has 0 aromatic carbocycles. The second-order valence-corrected chi connectivity index (χ2v) is 4.90. The molecule has 2 saturated heterocycles. The summed E-state index contributed by atoms with van der Waals surface area (Å²) < 4.78 is 0. The van der Waals surface area contributed by atoms with E-state index in [0.29, 0.717) is 0 Å². The lowest BCUT2D eigenvalue weighted by Crippen LogP contribution is -2.53. The first kappa shape index (κ1) is 10.4. The normalized spacial score (nSPS) is 36.4. The van der Waals surface area contributed by atoms with E-state index in [1.807, 2.05) is 0 Å². The molecule has 1 N–H and O–H groups in total. The van der Waals surface area contributed by atoms with Crippen molar-refractivity contribution in [1.82, 2.24) is 15.1 Å². The van der Waals surface area contributed by atoms with Crippen LogP contribution in [-0.2, 0) is 0 Å². The molecule has 0 aliphatic carbocycles. The second kappa shape index (κ2) is 4.60. The van der Waals surface area contributed by atoms with Gasteiger partial charge in [0.15, 0.2) is 0 Å². The van der Waals surface area contributed by atoms with Crippen molar-refractivity contribution in [2.75, 3.05) is 39.8 Å². The minimum Gasteiger partial charge on any atom is -0.313 e. The largest absolute Gasteiger partial charge is 0.313 e. The summed E-state index contributed by atoms with van der Waals surface area (Å²) in [6.07, 6.45) is 2.74. The van der Waals surface area contributed by atoms with Gasteiger partial charge in [-0.2, -0.15) is 0 Å². The summed E-state index contributed by atoms with van der Waals surface area (Å²) in [7, 11) is 2.22. The fourth-order valence-corrected chi connectivity index (χ4v) is 2.64. The molecule has 0 spiro atoms. The average Bonchev–Trinajstić information content (AvgIpc) is 2.62. The molecule has 2 atom stereocenters. The van der Waals surface area contributed by atoms with Crippen LogP contribution in [0.4, 0.5) is 0 Å². The Hall–Kier alpha value is -0.120. The SMILES string of the molecule is CC1CN(C)CCN1C[C@@H]1CCCN1. The van der Waals surface area contributed by atoms with Crippen LogP contribution in [0.15, 0.2) is 0 Å². The maximum atomic E-state index is 3.58. The molecule has 2 rings (SSSR count). The van der Waals surface area contributed by atoms with Gasteiger partial charge in [0, 0.05) is 38.3 Å². The Morgan fingerprint density at radius 3 is 2.86 bits per heavy atom. The number of nitrogens with zero attached hydrogens (tertiary/aromatic N) is 2. The molecular formula is C11H23N3. The summed E-state index contributed by atoms with van der Waals surface area (Å²) in [5, 5.41) is 3.58. The minimum atomic E-state index is 0.733. The van der Waals surface area contributed by atoms with Crippen molar-refractivity contribution in [3.63, 3.8) is 0 Å². The first-order valence-corrected chi connectivity index (χ1v) is 5.91. The van der Waals surface area contributed by atoms with Crippen LogP contribution in [0.25, 0.3) is 0 Å². The van der Waals surface area contributed by atoms with E-state index in [0.717, 1.165) is 12.1 Å². The quantitative estimate of drug-likeness (QED) is 0.690. The molecule has 3 heteroatoms. The van der Waals surface area contributed by atoms with E-state index in [2.05, 4.69) is 29.1 Å². The first-order chi connectivity index (χ1) is 6.75. The van der Waals surface area contributed by atoms with Crippen LogP contribution in [0.1, 0.15) is 19.8 Å². The highest BCUT2D eigenvalue weighted by Crippen LogP contribution is 2.12. The van der Waals surface area contributed by atoms with Crippen LogP contribution < -0.4 is 5.32 Å². The highest BCUT2D eigenvalue weighted by atomic mass is 15.3. The number of piperazine rings is 1. The fraction of sp³-hybridized carbons (Fsp3) is 1.00. The highest BCUT2D eigenvalue weighted by molar-refractivity contribution is 4.83. The van der Waals surface area contributed by atoms with E-state index in [4.69, 9.17) is 0 Å². The van der Waals surface area contributed by atoms with Gasteiger partial charge in [0.25, 0.3) is 0 Å². The van der Waals surface area contributed by atoms with Crippen molar-refractivity contribution in [3.8, 4) is 0 Å². The van der Waals surface area contributed by atoms with Crippen molar-refractivity contribution < 1.29 is 0 Å². The van der Waals surface area contributed by atoms with Crippen molar-refractivity contribution in [2.45, 2.75) is 31.8 Å². The van der Waals surface area contributed by atoms with E-state index in [-0.39, 0.29) is 0 Å². The Bertz CT molecular complexity index is 177. The zero-order chi connectivity index (χ0) is 9.97. The van der Waals surface area contributed by atoms with Crippen LogP contribution >= 0.6 is 0 Å². The number of nitrogens with one attached hydrogen (secondary N) is 1. The van der Waals surface area contributed by atoms with Crippen LogP contribution in [0.5, 0.6) is 0 Å². The molecule has 2 fully saturated rings. The highest BCUT2D eigenvalue weighted by Gasteiger charge is 2.25. The van der Waals surface area contributed by atoms with E-state index >= 15 is 0 Å². The maximum Gasteiger partial charge on any atom is 0.0195 e. The van der Waals surface area contributed by atoms with Crippen molar-refractivity contribution in [3.05, 3.63) is 0 Å². The number of hydrogen-bond donors (Lipinski definition) is 1. The van der Waals surface area contributed by atoms with Crippen LogP contribution in [0, 0.1) is 0 Å². The summed E-state index contributed by atoms with van der Waals surface area (Å²) in [5.74, 6) is 0. The molecule has 0 bridgehead atoms. The zero-order valence-corrected chi connectivity index (χ0v) is 9.50. The Morgan fingerprint density at radius 1 is 1.36 bits per heavy atom. The maximum absolute atomic E-state index is 3.58. The minimum absolute atomic E-state index is 0.733. The third kappa shape index (κ3) is 2.47. The standard InChI is InChI=1S/C11H23N3/c1-10-8-13(2)6-7-14(10)9-11-4-3-5-12-11/h10-12H,3-9H2,1-2H3/t10?,11-/m0/s1. The molecule has 2 aliphatic heterocycles. The summed E-state index contributed by atoms with van der Waals surface area (Å²) in [6.45, 7) is 8.55. The number of likely N-dealkylation sites (N-methyl/N-ethyl adjacent to an activating group) is 1. The van der Waals surface area contributed by atoms with Gasteiger partial charge in [-0.3, -0.25) is 4.90 Å². The van der Waals surface area contributed by atoms with Crippen LogP contribution in [-0.4, -0.2) is 61.7 Å². The van der Waals surface area contributed by atoms with Gasteiger partial charge in [0.05, 0.1) is 0 Å². The number of rotatable bonds is 2. The molecule has 0 aromatic heterocycles. The van der Waals surface area contributed by atoms with Gasteiger partial charge < -0.3 is 10.2 Å². The molecule has 2 heterocycles. The van der Waals surface area contributed by atoms with Gasteiger partial charge in [-0.1, -0.05) is 0 Å². The topological polar surface area (TPSA) is 18.5 Å². The molecule has 14 heavy (non-hydrogen) atoms. The van der Waals surface area contributed by atoms with Gasteiger partial charge in [-0.05, 0) is 33.4 Å². The Kier molecular flexibility index (Phi) is 3.42. The van der Waals surface area contributed by atoms with Crippen molar-refractivity contribution >= 4 is 0 Å². The Balaban J connectivity index is 1.79. The van der Waals surface area contributed by atoms with E-state index in [1.165, 1.54) is 45.6 Å². The predicted molar refractivity (Wildman–Crippen MR) is 59.6 cm³/mol. The van der Waals surface area contributed by atoms with E-state index in [9.17, 15) is 0 Å². The van der Waals surface area contributed by atoms with Crippen molar-refractivity contribution in [1.29, 1.82) is 0 Å². The molecule has 2 aliphatic rings. The summed E-state index contributed by atoms with van der Waals surface area (Å²) in [6, 6.07) is 1.50. The third-order valence-electron chi connectivity index (χ3n) is 3.59. The summed E-state index contributed by atoms with van der Waals surface area (Å²) in [5.41, 5.74) is 0. The lowest BCUT2D eigenvalue weighted by molar-refractivity contribution is 0.0925. The summed E-state index contributed by atoms with van der Waals surface area (Å²) >= 11 is 0. The Labute approximate surface area is 87.4 Å². The van der Waals surface area contributed by atoms with E-state index < -0.39 is 0 Å². The lowest BCUT2D eigenvalue weighted by Gasteiger charge is -2.39. The van der Waals surface area contributed by atoms with Gasteiger partial charge >= 0.3 is 0 Å². The molecule has 0 aromatic rings. The molecule has 1 unspecified atom stereocenters. The smallest absolute Gasteiger partial charge is 0.0195 e. The van der Waals surface area contributed by atoms with Crippen molar-refractivity contribution in [2.24, 2.45) is 0 Å². The first-order valence-electron chi connectivity index (χ1n) is 5.91. The van der Waals surface area contributed by atoms with Gasteiger partial charge in [-0.25, -0.2) is 0 Å². The molecule has 3 nitrogen and oxygen atoms in total. The molecule has 0 saturated carbocycles. The molecule has 0 amide bonds. The van der Waals surface area contributed by atoms with Crippen LogP contribution in [0.2, 0.25) is 0 Å². The lowest BCUT2D eigenvalue weighted by atomic mass is 10.1. The van der Waals surface area contributed by atoms with E-state index in [1.54, 1.807) is 0 Å². The molecular weight excluding hydrogens is 174 g/mol. The van der Waals surface area contributed by atoms with Gasteiger partial charge in [0.1, 0.15) is 0 Å². The molecule has 82 valence electrons. The third-order valence-corrected chi connectivity index (χ3v) is 3.59. The predicted octanol–water partition coefficient (Wildman–Crippen LogP) is 0.374.